The van der Waals surface area contributed by atoms with E-state index in [1.807, 2.05) is 36.4 Å². The van der Waals surface area contributed by atoms with Crippen molar-refractivity contribution in [3.05, 3.63) is 83.1 Å². The highest BCUT2D eigenvalue weighted by molar-refractivity contribution is 7.80. The summed E-state index contributed by atoms with van der Waals surface area (Å²) in [6, 6.07) is 20.1. The third-order valence-electron chi connectivity index (χ3n) is 4.81. The number of rotatable bonds is 3. The number of nitrogens with one attached hydrogen (secondary N) is 1. The number of nitrogens with zero attached hydrogens (tertiary/aromatic N) is 2. The fraction of sp³-hybridized carbons (Fsp3) is 0.190. The van der Waals surface area contributed by atoms with Gasteiger partial charge in [-0.2, -0.15) is 0 Å². The summed E-state index contributed by atoms with van der Waals surface area (Å²) in [5.41, 5.74) is 3.29. The van der Waals surface area contributed by atoms with Gasteiger partial charge in [0.25, 0.3) is 0 Å². The fourth-order valence-electron chi connectivity index (χ4n) is 3.50. The summed E-state index contributed by atoms with van der Waals surface area (Å²) >= 11 is 11.9. The Morgan fingerprint density at radius 2 is 1.93 bits per heavy atom. The molecule has 0 saturated carbocycles. The van der Waals surface area contributed by atoms with Crippen molar-refractivity contribution in [3.63, 3.8) is 0 Å². The molecule has 2 heterocycles. The van der Waals surface area contributed by atoms with E-state index in [-0.39, 0.29) is 6.04 Å². The third-order valence-corrected chi connectivity index (χ3v) is 5.38. The molecule has 0 fully saturated rings. The lowest BCUT2D eigenvalue weighted by atomic mass is 10.00. The van der Waals surface area contributed by atoms with Gasteiger partial charge in [0.1, 0.15) is 5.75 Å². The molecule has 6 heteroatoms. The molecule has 2 aromatic carbocycles. The lowest BCUT2D eigenvalue weighted by Crippen LogP contribution is -2.44. The number of benzene rings is 2. The van der Waals surface area contributed by atoms with Crippen LogP contribution in [0, 0.1) is 0 Å². The van der Waals surface area contributed by atoms with E-state index >= 15 is 0 Å². The molecule has 1 aliphatic rings. The normalized spacial score (nSPS) is 15.9. The molecule has 1 atom stereocenters. The number of thiocarbonyl (C=S) groups is 1. The molecule has 1 unspecified atom stereocenters. The van der Waals surface area contributed by atoms with Crippen LogP contribution in [0.5, 0.6) is 5.75 Å². The van der Waals surface area contributed by atoms with Gasteiger partial charge in [-0.25, -0.2) is 0 Å². The minimum absolute atomic E-state index is 0.0406. The number of fused-ring (bicyclic) bond motifs is 1. The van der Waals surface area contributed by atoms with E-state index in [9.17, 15) is 0 Å². The van der Waals surface area contributed by atoms with Crippen molar-refractivity contribution in [2.45, 2.75) is 12.6 Å². The Hall–Kier alpha value is -2.50. The Kier molecular flexibility index (Phi) is 5.05. The second-order valence-electron chi connectivity index (χ2n) is 6.44. The molecule has 3 aromatic rings. The average molecular weight is 398 g/mol. The lowest BCUT2D eigenvalue weighted by Gasteiger charge is -2.39. The van der Waals surface area contributed by atoms with Gasteiger partial charge >= 0.3 is 0 Å². The highest BCUT2D eigenvalue weighted by Gasteiger charge is 2.30. The molecule has 0 radical (unpaired) electrons. The Balaban J connectivity index is 1.66. The van der Waals surface area contributed by atoms with Crippen LogP contribution in [0.15, 0.2) is 66.9 Å². The highest BCUT2D eigenvalue weighted by Crippen LogP contribution is 2.33. The molecule has 138 valence electrons. The predicted molar refractivity (Wildman–Crippen MR) is 114 cm³/mol. The van der Waals surface area contributed by atoms with Gasteiger partial charge in [0.05, 0.1) is 13.2 Å². The zero-order valence-electron chi connectivity index (χ0n) is 14.9. The van der Waals surface area contributed by atoms with Crippen molar-refractivity contribution in [1.29, 1.82) is 0 Å². The minimum atomic E-state index is 0.0406. The Labute approximate surface area is 169 Å². The van der Waals surface area contributed by atoms with Crippen molar-refractivity contribution >= 4 is 34.6 Å². The molecular formula is C21H20ClN3OS. The Morgan fingerprint density at radius 1 is 1.11 bits per heavy atom. The Morgan fingerprint density at radius 3 is 2.67 bits per heavy atom. The summed E-state index contributed by atoms with van der Waals surface area (Å²) in [7, 11) is 1.68. The van der Waals surface area contributed by atoms with Crippen molar-refractivity contribution < 1.29 is 4.74 Å². The molecule has 0 bridgehead atoms. The van der Waals surface area contributed by atoms with E-state index in [2.05, 4.69) is 45.2 Å². The van der Waals surface area contributed by atoms with E-state index in [1.54, 1.807) is 7.11 Å². The molecule has 1 aromatic heterocycles. The zero-order valence-corrected chi connectivity index (χ0v) is 16.5. The van der Waals surface area contributed by atoms with E-state index < -0.39 is 0 Å². The quantitative estimate of drug-likeness (QED) is 0.633. The van der Waals surface area contributed by atoms with Crippen LogP contribution in [-0.2, 0) is 6.54 Å². The summed E-state index contributed by atoms with van der Waals surface area (Å²) in [5, 5.41) is 4.70. The first-order valence-corrected chi connectivity index (χ1v) is 9.56. The first-order valence-electron chi connectivity index (χ1n) is 8.78. The van der Waals surface area contributed by atoms with Crippen molar-refractivity contribution in [3.8, 4) is 5.75 Å². The molecule has 4 rings (SSSR count). The van der Waals surface area contributed by atoms with Crippen LogP contribution >= 0.6 is 23.8 Å². The molecule has 0 amide bonds. The third kappa shape index (κ3) is 3.66. The molecule has 27 heavy (non-hydrogen) atoms. The standard InChI is InChI=1S/C21H20ClN3OS/c1-26-18-9-7-15(8-10-18)20-19-6-3-11-24(19)12-13-25(20)21(27)23-17-5-2-4-16(22)14-17/h2-11,14,20H,12-13H2,1H3,(H,23,27). The van der Waals surface area contributed by atoms with Gasteiger partial charge in [-0.05, 0) is 60.2 Å². The van der Waals surface area contributed by atoms with E-state index in [0.29, 0.717) is 10.1 Å². The second-order valence-corrected chi connectivity index (χ2v) is 7.26. The first-order chi connectivity index (χ1) is 13.2. The van der Waals surface area contributed by atoms with Gasteiger partial charge in [-0.15, -0.1) is 0 Å². The topological polar surface area (TPSA) is 29.4 Å². The summed E-state index contributed by atoms with van der Waals surface area (Å²) < 4.78 is 7.59. The van der Waals surface area contributed by atoms with E-state index in [1.165, 1.54) is 11.3 Å². The second kappa shape index (κ2) is 7.62. The van der Waals surface area contributed by atoms with Gasteiger partial charge in [0, 0.05) is 35.7 Å². The smallest absolute Gasteiger partial charge is 0.174 e. The molecule has 0 spiro atoms. The molecule has 0 saturated heterocycles. The first kappa shape index (κ1) is 17.9. The summed E-state index contributed by atoms with van der Waals surface area (Å²) in [5.74, 6) is 0.844. The monoisotopic (exact) mass is 397 g/mol. The molecule has 4 nitrogen and oxygen atoms in total. The number of ether oxygens (including phenoxy) is 1. The maximum Gasteiger partial charge on any atom is 0.174 e. The minimum Gasteiger partial charge on any atom is -0.497 e. The van der Waals surface area contributed by atoms with Crippen LogP contribution in [0.2, 0.25) is 5.02 Å². The highest BCUT2D eigenvalue weighted by atomic mass is 35.5. The molecular weight excluding hydrogens is 378 g/mol. The number of hydrogen-bond donors (Lipinski definition) is 1. The molecule has 0 aliphatic carbocycles. The summed E-state index contributed by atoms with van der Waals surface area (Å²) in [6.07, 6.45) is 2.12. The number of methoxy groups -OCH3 is 1. The fourth-order valence-corrected chi connectivity index (χ4v) is 4.01. The predicted octanol–water partition coefficient (Wildman–Crippen LogP) is 4.95. The largest absolute Gasteiger partial charge is 0.497 e. The number of halogens is 1. The number of hydrogen-bond acceptors (Lipinski definition) is 2. The van der Waals surface area contributed by atoms with E-state index in [0.717, 1.165) is 24.5 Å². The maximum atomic E-state index is 6.11. The average Bonchev–Trinajstić information content (AvgIpc) is 3.16. The molecule has 1 N–H and O–H groups in total. The van der Waals surface area contributed by atoms with Gasteiger partial charge in [0.15, 0.2) is 5.11 Å². The van der Waals surface area contributed by atoms with Crippen LogP contribution in [0.25, 0.3) is 0 Å². The van der Waals surface area contributed by atoms with Crippen LogP contribution in [0.3, 0.4) is 0 Å². The van der Waals surface area contributed by atoms with Crippen LogP contribution in [0.1, 0.15) is 17.3 Å². The van der Waals surface area contributed by atoms with Gasteiger partial charge in [-0.1, -0.05) is 29.8 Å². The zero-order chi connectivity index (χ0) is 18.8. The van der Waals surface area contributed by atoms with Gasteiger partial charge in [0.2, 0.25) is 0 Å². The Bertz CT molecular complexity index is 954. The van der Waals surface area contributed by atoms with Crippen molar-refractivity contribution in [2.75, 3.05) is 19.0 Å². The SMILES string of the molecule is COc1ccc(C2c3cccn3CCN2C(=S)Nc2cccc(Cl)c2)cc1. The van der Waals surface area contributed by atoms with E-state index in [4.69, 9.17) is 28.6 Å². The number of anilines is 1. The summed E-state index contributed by atoms with van der Waals surface area (Å²) in [6.45, 7) is 1.72. The number of aromatic nitrogens is 1. The van der Waals surface area contributed by atoms with Crippen LogP contribution in [-0.4, -0.2) is 28.2 Å². The van der Waals surface area contributed by atoms with Crippen LogP contribution < -0.4 is 10.1 Å². The maximum absolute atomic E-state index is 6.11. The van der Waals surface area contributed by atoms with Gasteiger partial charge in [-0.3, -0.25) is 0 Å². The van der Waals surface area contributed by atoms with Gasteiger partial charge < -0.3 is 19.5 Å². The summed E-state index contributed by atoms with van der Waals surface area (Å²) in [4.78, 5) is 2.23. The van der Waals surface area contributed by atoms with Crippen LogP contribution in [0.4, 0.5) is 5.69 Å². The van der Waals surface area contributed by atoms with Crippen molar-refractivity contribution in [1.82, 2.24) is 9.47 Å². The lowest BCUT2D eigenvalue weighted by molar-refractivity contribution is 0.293. The van der Waals surface area contributed by atoms with Crippen molar-refractivity contribution in [2.24, 2.45) is 0 Å². The molecule has 1 aliphatic heterocycles.